The van der Waals surface area contributed by atoms with Crippen molar-refractivity contribution in [1.29, 1.82) is 5.26 Å². The standard InChI is InChI=1S/C13H15FN2O2/c1-2-7-18-8-6-13(17)16-12-5-3-4-11(14)10(12)9-15/h3-5H,2,6-8H2,1H3,(H,16,17). The number of amides is 1. The topological polar surface area (TPSA) is 62.1 Å². The maximum Gasteiger partial charge on any atom is 0.226 e. The van der Waals surface area contributed by atoms with Crippen LogP contribution in [0.25, 0.3) is 0 Å². The molecule has 0 aliphatic heterocycles. The van der Waals surface area contributed by atoms with Crippen LogP contribution in [-0.2, 0) is 9.53 Å². The Labute approximate surface area is 105 Å². The second-order valence-corrected chi connectivity index (χ2v) is 3.68. The fraction of sp³-hybridized carbons (Fsp3) is 0.385. The molecule has 0 fully saturated rings. The number of ether oxygens (including phenoxy) is 1. The molecule has 1 amide bonds. The first-order valence-electron chi connectivity index (χ1n) is 5.75. The van der Waals surface area contributed by atoms with Gasteiger partial charge in [-0.25, -0.2) is 4.39 Å². The monoisotopic (exact) mass is 250 g/mol. The number of hydrogen-bond acceptors (Lipinski definition) is 3. The van der Waals surface area contributed by atoms with Crippen LogP contribution in [-0.4, -0.2) is 19.1 Å². The quantitative estimate of drug-likeness (QED) is 0.789. The molecule has 5 heteroatoms. The van der Waals surface area contributed by atoms with Gasteiger partial charge in [-0.2, -0.15) is 5.26 Å². The molecule has 0 aromatic heterocycles. The number of hydrogen-bond donors (Lipinski definition) is 1. The van der Waals surface area contributed by atoms with Gasteiger partial charge in [0.15, 0.2) is 0 Å². The minimum atomic E-state index is -0.641. The van der Waals surface area contributed by atoms with Crippen molar-refractivity contribution >= 4 is 11.6 Å². The molecule has 1 aromatic rings. The van der Waals surface area contributed by atoms with Crippen LogP contribution in [0.1, 0.15) is 25.3 Å². The van der Waals surface area contributed by atoms with E-state index in [-0.39, 0.29) is 23.6 Å². The molecule has 1 N–H and O–H groups in total. The summed E-state index contributed by atoms with van der Waals surface area (Å²) in [5.74, 6) is -0.939. The molecule has 96 valence electrons. The van der Waals surface area contributed by atoms with Crippen molar-refractivity contribution < 1.29 is 13.9 Å². The molecule has 0 spiro atoms. The molecule has 4 nitrogen and oxygen atoms in total. The van der Waals surface area contributed by atoms with Crippen LogP contribution in [0.4, 0.5) is 10.1 Å². The van der Waals surface area contributed by atoms with E-state index >= 15 is 0 Å². The predicted octanol–water partition coefficient (Wildman–Crippen LogP) is 2.45. The van der Waals surface area contributed by atoms with Crippen LogP contribution in [0.2, 0.25) is 0 Å². The molecule has 0 aliphatic carbocycles. The Hall–Kier alpha value is -1.93. The third-order valence-electron chi connectivity index (χ3n) is 2.22. The normalized spacial score (nSPS) is 9.83. The van der Waals surface area contributed by atoms with E-state index in [1.54, 1.807) is 6.07 Å². The number of carbonyl (C=O) groups is 1. The molecular weight excluding hydrogens is 235 g/mol. The Morgan fingerprint density at radius 1 is 1.50 bits per heavy atom. The van der Waals surface area contributed by atoms with Crippen molar-refractivity contribution in [2.45, 2.75) is 19.8 Å². The minimum absolute atomic E-state index is 0.152. The first kappa shape index (κ1) is 14.1. The lowest BCUT2D eigenvalue weighted by Crippen LogP contribution is -2.15. The second-order valence-electron chi connectivity index (χ2n) is 3.68. The summed E-state index contributed by atoms with van der Waals surface area (Å²) in [5.41, 5.74) is 0.0401. The van der Waals surface area contributed by atoms with Gasteiger partial charge in [0.25, 0.3) is 0 Å². The van der Waals surface area contributed by atoms with Gasteiger partial charge in [0.05, 0.1) is 18.7 Å². The average molecular weight is 250 g/mol. The number of carbonyl (C=O) groups excluding carboxylic acids is 1. The van der Waals surface area contributed by atoms with Crippen LogP contribution < -0.4 is 5.32 Å². The Morgan fingerprint density at radius 2 is 2.28 bits per heavy atom. The van der Waals surface area contributed by atoms with Crippen LogP contribution >= 0.6 is 0 Å². The van der Waals surface area contributed by atoms with Crippen LogP contribution in [0.15, 0.2) is 18.2 Å². The largest absolute Gasteiger partial charge is 0.381 e. The third-order valence-corrected chi connectivity index (χ3v) is 2.22. The number of nitrogens with zero attached hydrogens (tertiary/aromatic N) is 1. The van der Waals surface area contributed by atoms with E-state index in [0.717, 1.165) is 6.42 Å². The molecule has 0 bridgehead atoms. The summed E-state index contributed by atoms with van der Waals surface area (Å²) >= 11 is 0. The van der Waals surface area contributed by atoms with Gasteiger partial charge < -0.3 is 10.1 Å². The van der Waals surface area contributed by atoms with Gasteiger partial charge >= 0.3 is 0 Å². The van der Waals surface area contributed by atoms with E-state index in [9.17, 15) is 9.18 Å². The molecule has 0 saturated heterocycles. The Kier molecular flexibility index (Phi) is 5.81. The first-order valence-corrected chi connectivity index (χ1v) is 5.75. The smallest absolute Gasteiger partial charge is 0.226 e. The second kappa shape index (κ2) is 7.41. The summed E-state index contributed by atoms with van der Waals surface area (Å²) in [6.07, 6.45) is 1.07. The number of anilines is 1. The molecule has 0 atom stereocenters. The summed E-state index contributed by atoms with van der Waals surface area (Å²) in [4.78, 5) is 11.5. The number of benzene rings is 1. The van der Waals surface area contributed by atoms with E-state index in [1.165, 1.54) is 18.2 Å². The molecule has 1 rings (SSSR count). The lowest BCUT2D eigenvalue weighted by molar-refractivity contribution is -0.117. The summed E-state index contributed by atoms with van der Waals surface area (Å²) in [6.45, 7) is 2.90. The zero-order valence-corrected chi connectivity index (χ0v) is 10.2. The maximum absolute atomic E-state index is 13.3. The van der Waals surface area contributed by atoms with E-state index in [0.29, 0.717) is 13.2 Å². The van der Waals surface area contributed by atoms with Gasteiger partial charge in [-0.3, -0.25) is 4.79 Å². The van der Waals surface area contributed by atoms with Gasteiger partial charge in [-0.15, -0.1) is 0 Å². The van der Waals surface area contributed by atoms with E-state index < -0.39 is 5.82 Å². The number of rotatable bonds is 6. The zero-order chi connectivity index (χ0) is 13.4. The fourth-order valence-corrected chi connectivity index (χ4v) is 1.37. The van der Waals surface area contributed by atoms with Gasteiger partial charge in [0.2, 0.25) is 5.91 Å². The minimum Gasteiger partial charge on any atom is -0.381 e. The van der Waals surface area contributed by atoms with Gasteiger partial charge in [0, 0.05) is 6.61 Å². The molecule has 0 unspecified atom stereocenters. The van der Waals surface area contributed by atoms with Crippen molar-refractivity contribution in [3.63, 3.8) is 0 Å². The number of nitrogens with one attached hydrogen (secondary N) is 1. The van der Waals surface area contributed by atoms with Crippen LogP contribution in [0.5, 0.6) is 0 Å². The molecule has 0 radical (unpaired) electrons. The molecule has 1 aromatic carbocycles. The van der Waals surface area contributed by atoms with Crippen molar-refractivity contribution in [2.75, 3.05) is 18.5 Å². The van der Waals surface area contributed by atoms with E-state index in [4.69, 9.17) is 10.00 Å². The Bertz CT molecular complexity index is 455. The summed E-state index contributed by atoms with van der Waals surface area (Å²) in [7, 11) is 0. The van der Waals surface area contributed by atoms with Gasteiger partial charge in [0.1, 0.15) is 17.4 Å². The predicted molar refractivity (Wildman–Crippen MR) is 65.5 cm³/mol. The highest BCUT2D eigenvalue weighted by atomic mass is 19.1. The highest BCUT2D eigenvalue weighted by molar-refractivity contribution is 5.92. The van der Waals surface area contributed by atoms with Crippen molar-refractivity contribution in [1.82, 2.24) is 0 Å². The highest BCUT2D eigenvalue weighted by Crippen LogP contribution is 2.17. The number of halogens is 1. The maximum atomic E-state index is 13.3. The molecule has 18 heavy (non-hydrogen) atoms. The van der Waals surface area contributed by atoms with E-state index in [1.807, 2.05) is 6.92 Å². The molecule has 0 saturated carbocycles. The Balaban J connectivity index is 2.55. The summed E-state index contributed by atoms with van der Waals surface area (Å²) < 4.78 is 18.4. The van der Waals surface area contributed by atoms with Gasteiger partial charge in [-0.1, -0.05) is 13.0 Å². The van der Waals surface area contributed by atoms with Crippen LogP contribution in [0.3, 0.4) is 0 Å². The average Bonchev–Trinajstić information content (AvgIpc) is 2.35. The van der Waals surface area contributed by atoms with Crippen molar-refractivity contribution in [3.05, 3.63) is 29.6 Å². The SMILES string of the molecule is CCCOCCC(=O)Nc1cccc(F)c1C#N. The zero-order valence-electron chi connectivity index (χ0n) is 10.2. The molecule has 0 aliphatic rings. The van der Waals surface area contributed by atoms with Crippen LogP contribution in [0, 0.1) is 17.1 Å². The summed E-state index contributed by atoms with van der Waals surface area (Å²) in [5, 5.41) is 11.3. The third kappa shape index (κ3) is 4.15. The van der Waals surface area contributed by atoms with E-state index in [2.05, 4.69) is 5.32 Å². The molecule has 0 heterocycles. The lowest BCUT2D eigenvalue weighted by atomic mass is 10.2. The van der Waals surface area contributed by atoms with Crippen molar-refractivity contribution in [2.24, 2.45) is 0 Å². The number of nitriles is 1. The Morgan fingerprint density at radius 3 is 2.94 bits per heavy atom. The summed E-state index contributed by atoms with van der Waals surface area (Å²) in [6, 6.07) is 5.84. The highest BCUT2D eigenvalue weighted by Gasteiger charge is 2.10. The first-order chi connectivity index (χ1) is 8.69. The lowest BCUT2D eigenvalue weighted by Gasteiger charge is -2.07. The molecular formula is C13H15FN2O2. The fourth-order valence-electron chi connectivity index (χ4n) is 1.37. The van der Waals surface area contributed by atoms with Crippen molar-refractivity contribution in [3.8, 4) is 6.07 Å². The van der Waals surface area contributed by atoms with Gasteiger partial charge in [-0.05, 0) is 18.6 Å².